The first-order valence-electron chi connectivity index (χ1n) is 4.40. The van der Waals surface area contributed by atoms with Gasteiger partial charge in [-0.25, -0.2) is 4.57 Å². The number of hydrogen-bond donors (Lipinski definition) is 3. The molecule has 0 fully saturated rings. The smallest absolute Gasteiger partial charge is 0.303 e. The van der Waals surface area contributed by atoms with Crippen molar-refractivity contribution in [3.63, 3.8) is 0 Å². The minimum Gasteiger partial charge on any atom is -0.303 e. The maximum absolute atomic E-state index is 10.5. The van der Waals surface area contributed by atoms with Crippen molar-refractivity contribution in [2.75, 3.05) is 7.05 Å². The molecular formula is C7H18NO4P. The SMILES string of the molecule is CCCCCC(NC)OP(=O)(O)O. The van der Waals surface area contributed by atoms with Gasteiger partial charge in [-0.15, -0.1) is 0 Å². The molecule has 0 aliphatic carbocycles. The molecule has 0 amide bonds. The first kappa shape index (κ1) is 13.1. The highest BCUT2D eigenvalue weighted by molar-refractivity contribution is 7.46. The van der Waals surface area contributed by atoms with Gasteiger partial charge in [-0.3, -0.25) is 9.84 Å². The Kier molecular flexibility index (Phi) is 6.55. The monoisotopic (exact) mass is 211 g/mol. The number of phosphoric ester groups is 1. The van der Waals surface area contributed by atoms with E-state index in [0.29, 0.717) is 6.42 Å². The molecule has 1 atom stereocenters. The van der Waals surface area contributed by atoms with Gasteiger partial charge in [-0.05, 0) is 19.9 Å². The minimum atomic E-state index is -4.35. The van der Waals surface area contributed by atoms with E-state index in [1.165, 1.54) is 0 Å². The highest BCUT2D eigenvalue weighted by Crippen LogP contribution is 2.37. The minimum absolute atomic E-state index is 0.549. The predicted octanol–water partition coefficient (Wildman–Crippen LogP) is 1.22. The van der Waals surface area contributed by atoms with Crippen LogP contribution in [0.5, 0.6) is 0 Å². The van der Waals surface area contributed by atoms with Crippen LogP contribution in [-0.4, -0.2) is 23.1 Å². The number of phosphoric acid groups is 1. The van der Waals surface area contributed by atoms with Crippen molar-refractivity contribution < 1.29 is 18.9 Å². The van der Waals surface area contributed by atoms with Crippen LogP contribution in [-0.2, 0) is 9.09 Å². The number of rotatable bonds is 7. The zero-order chi connectivity index (χ0) is 10.3. The van der Waals surface area contributed by atoms with E-state index in [2.05, 4.69) is 16.8 Å². The summed E-state index contributed by atoms with van der Waals surface area (Å²) in [5.41, 5.74) is 0. The molecule has 0 aromatic rings. The Morgan fingerprint density at radius 3 is 2.46 bits per heavy atom. The largest absolute Gasteiger partial charge is 0.471 e. The second kappa shape index (κ2) is 6.51. The molecule has 6 heteroatoms. The molecule has 0 spiro atoms. The summed E-state index contributed by atoms with van der Waals surface area (Å²) in [4.78, 5) is 17.0. The molecule has 5 nitrogen and oxygen atoms in total. The van der Waals surface area contributed by atoms with Gasteiger partial charge in [0.05, 0.1) is 0 Å². The molecule has 1 unspecified atom stereocenters. The van der Waals surface area contributed by atoms with Gasteiger partial charge in [-0.2, -0.15) is 0 Å². The number of nitrogens with one attached hydrogen (secondary N) is 1. The lowest BCUT2D eigenvalue weighted by Crippen LogP contribution is -2.27. The summed E-state index contributed by atoms with van der Waals surface area (Å²) < 4.78 is 15.0. The molecule has 0 bridgehead atoms. The van der Waals surface area contributed by atoms with Crippen molar-refractivity contribution in [3.8, 4) is 0 Å². The molecule has 0 rings (SSSR count). The summed E-state index contributed by atoms with van der Waals surface area (Å²) >= 11 is 0. The maximum atomic E-state index is 10.5. The van der Waals surface area contributed by atoms with Crippen LogP contribution >= 0.6 is 7.82 Å². The van der Waals surface area contributed by atoms with E-state index in [1.807, 2.05) is 0 Å². The topological polar surface area (TPSA) is 78.8 Å². The van der Waals surface area contributed by atoms with Crippen molar-refractivity contribution >= 4 is 7.82 Å². The summed E-state index contributed by atoms with van der Waals surface area (Å²) in [6.45, 7) is 2.07. The zero-order valence-corrected chi connectivity index (χ0v) is 8.96. The fourth-order valence-electron chi connectivity index (χ4n) is 0.995. The molecule has 0 radical (unpaired) electrons. The Morgan fingerprint density at radius 2 is 2.08 bits per heavy atom. The van der Waals surface area contributed by atoms with Gasteiger partial charge >= 0.3 is 7.82 Å². The van der Waals surface area contributed by atoms with E-state index < -0.39 is 14.1 Å². The Labute approximate surface area is 78.7 Å². The highest BCUT2D eigenvalue weighted by Gasteiger charge is 2.20. The Hall–Kier alpha value is 0.0700. The van der Waals surface area contributed by atoms with Crippen LogP contribution in [0, 0.1) is 0 Å². The molecule has 0 saturated heterocycles. The third-order valence-electron chi connectivity index (χ3n) is 1.66. The molecule has 0 heterocycles. The third kappa shape index (κ3) is 8.40. The lowest BCUT2D eigenvalue weighted by molar-refractivity contribution is 0.106. The molecule has 0 aromatic carbocycles. The maximum Gasteiger partial charge on any atom is 0.471 e. The van der Waals surface area contributed by atoms with Crippen LogP contribution in [0.2, 0.25) is 0 Å². The molecule has 0 aliphatic rings. The van der Waals surface area contributed by atoms with Gasteiger partial charge in [0.15, 0.2) is 0 Å². The van der Waals surface area contributed by atoms with E-state index in [4.69, 9.17) is 9.79 Å². The second-order valence-electron chi connectivity index (χ2n) is 2.87. The molecule has 13 heavy (non-hydrogen) atoms. The summed E-state index contributed by atoms with van der Waals surface area (Å²) in [6.07, 6.45) is 3.10. The Morgan fingerprint density at radius 1 is 1.46 bits per heavy atom. The van der Waals surface area contributed by atoms with E-state index in [0.717, 1.165) is 19.3 Å². The van der Waals surface area contributed by atoms with Crippen LogP contribution in [0.15, 0.2) is 0 Å². The zero-order valence-electron chi connectivity index (χ0n) is 8.06. The number of hydrogen-bond acceptors (Lipinski definition) is 3. The third-order valence-corrected chi connectivity index (χ3v) is 2.19. The standard InChI is InChI=1S/C7H18NO4P/c1-3-4-5-6-7(8-2)12-13(9,10)11/h7-8H,3-6H2,1-2H3,(H2,9,10,11). The van der Waals surface area contributed by atoms with Crippen LogP contribution < -0.4 is 5.32 Å². The summed E-state index contributed by atoms with van der Waals surface area (Å²) in [5.74, 6) is 0. The average Bonchev–Trinajstić information content (AvgIpc) is 2.01. The van der Waals surface area contributed by atoms with Crippen LogP contribution in [0.1, 0.15) is 32.6 Å². The van der Waals surface area contributed by atoms with E-state index in [1.54, 1.807) is 7.05 Å². The van der Waals surface area contributed by atoms with Gasteiger partial charge in [0.1, 0.15) is 6.23 Å². The molecule has 80 valence electrons. The second-order valence-corrected chi connectivity index (χ2v) is 4.06. The first-order valence-corrected chi connectivity index (χ1v) is 5.94. The summed E-state index contributed by atoms with van der Waals surface area (Å²) in [7, 11) is -2.73. The van der Waals surface area contributed by atoms with Crippen molar-refractivity contribution in [3.05, 3.63) is 0 Å². The lowest BCUT2D eigenvalue weighted by atomic mass is 10.2. The van der Waals surface area contributed by atoms with Crippen molar-refractivity contribution in [1.82, 2.24) is 5.32 Å². The van der Waals surface area contributed by atoms with Crippen molar-refractivity contribution in [2.45, 2.75) is 38.8 Å². The molecule has 0 aromatic heterocycles. The van der Waals surface area contributed by atoms with E-state index in [-0.39, 0.29) is 0 Å². The lowest BCUT2D eigenvalue weighted by Gasteiger charge is -2.16. The van der Waals surface area contributed by atoms with Crippen molar-refractivity contribution in [1.29, 1.82) is 0 Å². The van der Waals surface area contributed by atoms with E-state index >= 15 is 0 Å². The van der Waals surface area contributed by atoms with Crippen molar-refractivity contribution in [2.24, 2.45) is 0 Å². The fraction of sp³-hybridized carbons (Fsp3) is 1.00. The Balaban J connectivity index is 3.70. The molecule has 0 saturated carbocycles. The average molecular weight is 211 g/mol. The fourth-order valence-corrected chi connectivity index (χ4v) is 1.54. The normalized spacial score (nSPS) is 14.5. The highest BCUT2D eigenvalue weighted by atomic mass is 31.2. The first-order chi connectivity index (χ1) is 5.99. The van der Waals surface area contributed by atoms with Gasteiger partial charge < -0.3 is 9.79 Å². The quantitative estimate of drug-likeness (QED) is 0.335. The molecular weight excluding hydrogens is 193 g/mol. The summed E-state index contributed by atoms with van der Waals surface area (Å²) in [6, 6.07) is 0. The van der Waals surface area contributed by atoms with Crippen LogP contribution in [0.4, 0.5) is 0 Å². The van der Waals surface area contributed by atoms with Gasteiger partial charge in [0.2, 0.25) is 0 Å². The predicted molar refractivity (Wildman–Crippen MR) is 50.1 cm³/mol. The summed E-state index contributed by atoms with van der Waals surface area (Å²) in [5, 5.41) is 2.70. The van der Waals surface area contributed by atoms with Gasteiger partial charge in [0.25, 0.3) is 0 Å². The van der Waals surface area contributed by atoms with Gasteiger partial charge in [-0.1, -0.05) is 19.8 Å². The van der Waals surface area contributed by atoms with E-state index in [9.17, 15) is 4.57 Å². The number of unbranched alkanes of at least 4 members (excludes halogenated alkanes) is 2. The Bertz CT molecular complexity index is 170. The molecule has 3 N–H and O–H groups in total. The van der Waals surface area contributed by atoms with Crippen LogP contribution in [0.25, 0.3) is 0 Å². The van der Waals surface area contributed by atoms with Gasteiger partial charge in [0, 0.05) is 0 Å². The molecule has 0 aliphatic heterocycles. The van der Waals surface area contributed by atoms with Crippen LogP contribution in [0.3, 0.4) is 0 Å².